The highest BCUT2D eigenvalue weighted by Crippen LogP contribution is 2.35. The fourth-order valence-corrected chi connectivity index (χ4v) is 4.44. The molecule has 0 fully saturated rings. The summed E-state index contributed by atoms with van der Waals surface area (Å²) < 4.78 is 2.76. The van der Waals surface area contributed by atoms with Gasteiger partial charge in [-0.05, 0) is 48.9 Å². The Labute approximate surface area is 177 Å². The van der Waals surface area contributed by atoms with Gasteiger partial charge in [0.1, 0.15) is 12.6 Å². The maximum atomic E-state index is 12.7. The third-order valence-electron chi connectivity index (χ3n) is 5.42. The molecule has 7 nitrogen and oxygen atoms in total. The summed E-state index contributed by atoms with van der Waals surface area (Å²) in [7, 11) is 0. The monoisotopic (exact) mass is 464 g/mol. The Hall–Kier alpha value is -2.35. The van der Waals surface area contributed by atoms with E-state index in [0.717, 1.165) is 26.6 Å². The molecule has 0 radical (unpaired) electrons. The Bertz CT molecular complexity index is 966. The van der Waals surface area contributed by atoms with Gasteiger partial charge in [-0.25, -0.2) is 4.79 Å². The zero-order chi connectivity index (χ0) is 21.3. The molecule has 1 aliphatic carbocycles. The second kappa shape index (κ2) is 8.57. The van der Waals surface area contributed by atoms with Gasteiger partial charge in [0.15, 0.2) is 0 Å². The van der Waals surface area contributed by atoms with Crippen molar-refractivity contribution in [3.05, 3.63) is 33.9 Å². The Morgan fingerprint density at radius 3 is 2.62 bits per heavy atom. The Kier molecular flexibility index (Phi) is 6.31. The molecule has 8 heteroatoms. The van der Waals surface area contributed by atoms with Crippen molar-refractivity contribution in [1.29, 1.82) is 0 Å². The molecule has 1 aromatic carbocycles. The van der Waals surface area contributed by atoms with Crippen LogP contribution in [-0.2, 0) is 33.8 Å². The van der Waals surface area contributed by atoms with Gasteiger partial charge in [0.2, 0.25) is 5.91 Å². The van der Waals surface area contributed by atoms with Gasteiger partial charge >= 0.3 is 11.9 Å². The van der Waals surface area contributed by atoms with Crippen LogP contribution in [0.25, 0.3) is 10.9 Å². The van der Waals surface area contributed by atoms with Crippen LogP contribution >= 0.6 is 15.9 Å². The number of carbonyl (C=O) groups excluding carboxylic acids is 1. The number of fused-ring (bicyclic) bond motifs is 3. The largest absolute Gasteiger partial charge is 0.481 e. The van der Waals surface area contributed by atoms with Gasteiger partial charge in [-0.3, -0.25) is 9.59 Å². The lowest BCUT2D eigenvalue weighted by molar-refractivity contribution is -0.143. The summed E-state index contributed by atoms with van der Waals surface area (Å²) in [5.41, 5.74) is 2.78. The van der Waals surface area contributed by atoms with Crippen molar-refractivity contribution in [3.63, 3.8) is 0 Å². The molecule has 156 valence electrons. The maximum absolute atomic E-state index is 12.7. The minimum atomic E-state index is -1.05. The van der Waals surface area contributed by atoms with E-state index in [1.54, 1.807) is 0 Å². The normalized spacial score (nSPS) is 17.2. The molecule has 0 aliphatic heterocycles. The minimum Gasteiger partial charge on any atom is -0.481 e. The van der Waals surface area contributed by atoms with E-state index >= 15 is 0 Å². The van der Waals surface area contributed by atoms with Crippen LogP contribution in [-0.4, -0.2) is 38.7 Å². The predicted molar refractivity (Wildman–Crippen MR) is 112 cm³/mol. The SMILES string of the molecule is CC(C)C[C@H](NC(=O)Cn1c2c(c3cc(Br)ccc31)CC[C@@H](C(=O)O)C2)C(=O)O. The van der Waals surface area contributed by atoms with Crippen LogP contribution < -0.4 is 5.32 Å². The molecule has 0 unspecified atom stereocenters. The highest BCUT2D eigenvalue weighted by atomic mass is 79.9. The van der Waals surface area contributed by atoms with Gasteiger partial charge in [-0.15, -0.1) is 0 Å². The molecule has 0 saturated heterocycles. The van der Waals surface area contributed by atoms with Crippen molar-refractivity contribution >= 4 is 44.7 Å². The van der Waals surface area contributed by atoms with Gasteiger partial charge in [-0.1, -0.05) is 29.8 Å². The Balaban J connectivity index is 1.94. The van der Waals surface area contributed by atoms with E-state index in [9.17, 15) is 24.6 Å². The number of carboxylic acid groups (broad SMARTS) is 2. The molecule has 0 spiro atoms. The number of nitrogens with zero attached hydrogens (tertiary/aromatic N) is 1. The Morgan fingerprint density at radius 1 is 1.28 bits per heavy atom. The van der Waals surface area contributed by atoms with Crippen molar-refractivity contribution in [2.45, 2.75) is 52.1 Å². The number of carboxylic acids is 2. The number of aliphatic carboxylic acids is 2. The van der Waals surface area contributed by atoms with Crippen LogP contribution in [0, 0.1) is 11.8 Å². The number of halogens is 1. The molecular weight excluding hydrogens is 440 g/mol. The first-order chi connectivity index (χ1) is 13.7. The molecule has 2 atom stereocenters. The fourth-order valence-electron chi connectivity index (χ4n) is 4.08. The molecular formula is C21H25BrN2O5. The van der Waals surface area contributed by atoms with E-state index in [1.807, 2.05) is 36.6 Å². The van der Waals surface area contributed by atoms with E-state index in [-0.39, 0.29) is 12.5 Å². The van der Waals surface area contributed by atoms with Crippen LogP contribution in [0.5, 0.6) is 0 Å². The molecule has 1 aromatic heterocycles. The molecule has 0 bridgehead atoms. The molecule has 0 saturated carbocycles. The highest BCUT2D eigenvalue weighted by molar-refractivity contribution is 9.10. The van der Waals surface area contributed by atoms with Crippen LogP contribution in [0.2, 0.25) is 0 Å². The lowest BCUT2D eigenvalue weighted by atomic mass is 9.87. The average Bonchev–Trinajstić information content (AvgIpc) is 2.93. The average molecular weight is 465 g/mol. The molecule has 3 N–H and O–H groups in total. The summed E-state index contributed by atoms with van der Waals surface area (Å²) in [5.74, 6) is -2.63. The number of rotatable bonds is 7. The zero-order valence-electron chi connectivity index (χ0n) is 16.4. The molecule has 29 heavy (non-hydrogen) atoms. The molecule has 1 amide bonds. The summed E-state index contributed by atoms with van der Waals surface area (Å²) >= 11 is 3.48. The lowest BCUT2D eigenvalue weighted by Gasteiger charge is -2.22. The predicted octanol–water partition coefficient (Wildman–Crippen LogP) is 3.21. The summed E-state index contributed by atoms with van der Waals surface area (Å²) in [6.45, 7) is 3.77. The summed E-state index contributed by atoms with van der Waals surface area (Å²) in [6, 6.07) is 4.84. The van der Waals surface area contributed by atoms with Gasteiger partial charge < -0.3 is 20.1 Å². The van der Waals surface area contributed by atoms with E-state index < -0.39 is 29.8 Å². The number of hydrogen-bond donors (Lipinski definition) is 3. The summed E-state index contributed by atoms with van der Waals surface area (Å²) in [6.07, 6.45) is 1.91. The number of nitrogens with one attached hydrogen (secondary N) is 1. The third-order valence-corrected chi connectivity index (χ3v) is 5.92. The number of amides is 1. The molecule has 2 aromatic rings. The second-order valence-electron chi connectivity index (χ2n) is 8.04. The van der Waals surface area contributed by atoms with Gasteiger partial charge in [0.05, 0.1) is 5.92 Å². The van der Waals surface area contributed by atoms with Crippen molar-refractivity contribution < 1.29 is 24.6 Å². The zero-order valence-corrected chi connectivity index (χ0v) is 18.0. The highest BCUT2D eigenvalue weighted by Gasteiger charge is 2.30. The lowest BCUT2D eigenvalue weighted by Crippen LogP contribution is -2.43. The molecule has 1 aliphatic rings. The molecule has 3 rings (SSSR count). The van der Waals surface area contributed by atoms with Crippen molar-refractivity contribution in [3.8, 4) is 0 Å². The van der Waals surface area contributed by atoms with E-state index in [2.05, 4.69) is 21.2 Å². The number of aryl methyl sites for hydroxylation is 1. The van der Waals surface area contributed by atoms with Crippen molar-refractivity contribution in [2.75, 3.05) is 0 Å². The van der Waals surface area contributed by atoms with Crippen molar-refractivity contribution in [1.82, 2.24) is 9.88 Å². The van der Waals surface area contributed by atoms with Crippen LogP contribution in [0.1, 0.15) is 37.9 Å². The van der Waals surface area contributed by atoms with Gasteiger partial charge in [0, 0.05) is 27.5 Å². The minimum absolute atomic E-state index is 0.0400. The van der Waals surface area contributed by atoms with Crippen LogP contribution in [0.4, 0.5) is 0 Å². The summed E-state index contributed by atoms with van der Waals surface area (Å²) in [4.78, 5) is 35.7. The first-order valence-corrected chi connectivity index (χ1v) is 10.5. The third kappa shape index (κ3) is 4.63. The Morgan fingerprint density at radius 2 is 2.00 bits per heavy atom. The van der Waals surface area contributed by atoms with Crippen LogP contribution in [0.3, 0.4) is 0 Å². The molecule has 1 heterocycles. The van der Waals surface area contributed by atoms with Crippen LogP contribution in [0.15, 0.2) is 22.7 Å². The maximum Gasteiger partial charge on any atom is 0.326 e. The van der Waals surface area contributed by atoms with E-state index in [0.29, 0.717) is 25.7 Å². The number of aromatic nitrogens is 1. The second-order valence-corrected chi connectivity index (χ2v) is 8.95. The standard InChI is InChI=1S/C21H25BrN2O5/c1-11(2)7-16(21(28)29)23-19(25)10-24-17-6-4-13(22)9-15(17)14-5-3-12(20(26)27)8-18(14)24/h4,6,9,11-12,16H,3,5,7-8,10H2,1-2H3,(H,23,25)(H,26,27)(H,28,29)/t12-,16+/m1/s1. The first-order valence-electron chi connectivity index (χ1n) is 9.71. The summed E-state index contributed by atoms with van der Waals surface area (Å²) in [5, 5.41) is 22.5. The number of benzene rings is 1. The first kappa shape index (κ1) is 21.4. The topological polar surface area (TPSA) is 109 Å². The fraction of sp³-hybridized carbons (Fsp3) is 0.476. The van der Waals surface area contributed by atoms with Gasteiger partial charge in [0.25, 0.3) is 0 Å². The van der Waals surface area contributed by atoms with Crippen molar-refractivity contribution in [2.24, 2.45) is 11.8 Å². The number of carbonyl (C=O) groups is 3. The van der Waals surface area contributed by atoms with E-state index in [4.69, 9.17) is 0 Å². The number of hydrogen-bond acceptors (Lipinski definition) is 3. The quantitative estimate of drug-likeness (QED) is 0.582. The van der Waals surface area contributed by atoms with E-state index in [1.165, 1.54) is 0 Å². The smallest absolute Gasteiger partial charge is 0.326 e. The van der Waals surface area contributed by atoms with Gasteiger partial charge in [-0.2, -0.15) is 0 Å².